The number of benzene rings is 3. The first-order chi connectivity index (χ1) is 17.8. The molecule has 3 aromatic carbocycles. The number of halogens is 1. The Morgan fingerprint density at radius 2 is 1.70 bits per heavy atom. The van der Waals surface area contributed by atoms with E-state index in [9.17, 15) is 10.5 Å². The van der Waals surface area contributed by atoms with Gasteiger partial charge in [-0.15, -0.1) is 0 Å². The molecule has 0 bridgehead atoms. The maximum Gasteiger partial charge on any atom is 0.0991 e. The van der Waals surface area contributed by atoms with E-state index in [1.807, 2.05) is 50.2 Å². The van der Waals surface area contributed by atoms with Crippen molar-refractivity contribution < 1.29 is 0 Å². The summed E-state index contributed by atoms with van der Waals surface area (Å²) in [5.74, 6) is 0.0983. The minimum atomic E-state index is -0.664. The second-order valence-electron chi connectivity index (χ2n) is 9.99. The van der Waals surface area contributed by atoms with Crippen LogP contribution >= 0.6 is 22.6 Å². The summed E-state index contributed by atoms with van der Waals surface area (Å²) in [5.41, 5.74) is 5.34. The molecule has 3 atom stereocenters. The van der Waals surface area contributed by atoms with Crippen LogP contribution in [0.4, 0.5) is 0 Å². The normalized spacial score (nSPS) is 13.8. The van der Waals surface area contributed by atoms with Crippen molar-refractivity contribution in [2.45, 2.75) is 45.2 Å². The Bertz CT molecular complexity index is 1410. The van der Waals surface area contributed by atoms with Gasteiger partial charge >= 0.3 is 0 Å². The largest absolute Gasteiger partial charge is 0.305 e. The van der Waals surface area contributed by atoms with Crippen LogP contribution in [0.1, 0.15) is 55.0 Å². The number of aromatic nitrogens is 2. The summed E-state index contributed by atoms with van der Waals surface area (Å²) in [6.07, 6.45) is 2.55. The first-order valence-electron chi connectivity index (χ1n) is 12.3. The smallest absolute Gasteiger partial charge is 0.0991 e. The van der Waals surface area contributed by atoms with Crippen LogP contribution in [0.3, 0.4) is 0 Å². The summed E-state index contributed by atoms with van der Waals surface area (Å²) in [7, 11) is 0. The summed E-state index contributed by atoms with van der Waals surface area (Å²) in [4.78, 5) is 0. The molecule has 1 unspecified atom stereocenters. The van der Waals surface area contributed by atoms with Crippen LogP contribution in [0.5, 0.6) is 0 Å². The molecule has 0 aliphatic heterocycles. The number of nitrogens with one attached hydrogen (secondary N) is 2. The lowest BCUT2D eigenvalue weighted by Gasteiger charge is -2.36. The standard InChI is InChI=1S/C31H30IN5/c1-21(28(17-22-10-12-27(32)13-11-22)24-7-4-6-23(16-24)19-33)36-30(31(2,3)20-34)26-9-5-8-25(18-26)29-14-15-35-37-29/h4-16,18,21,28,30,36H,17H2,1-3H3,(H,35,37)/t21-,28+,30?/m0/s1. The molecule has 1 heterocycles. The maximum absolute atomic E-state index is 10.1. The molecule has 0 amide bonds. The lowest BCUT2D eigenvalue weighted by atomic mass is 9.79. The van der Waals surface area contributed by atoms with Crippen molar-refractivity contribution in [2.24, 2.45) is 5.41 Å². The molecule has 0 aliphatic rings. The molecule has 186 valence electrons. The lowest BCUT2D eigenvalue weighted by molar-refractivity contribution is 0.281. The van der Waals surface area contributed by atoms with E-state index in [-0.39, 0.29) is 18.0 Å². The number of hydrogen-bond donors (Lipinski definition) is 2. The molecule has 6 heteroatoms. The molecule has 0 saturated heterocycles. The molecule has 2 N–H and O–H groups in total. The second kappa shape index (κ2) is 11.7. The van der Waals surface area contributed by atoms with E-state index in [0.29, 0.717) is 5.56 Å². The van der Waals surface area contributed by atoms with E-state index in [4.69, 9.17) is 0 Å². The molecule has 4 aromatic rings. The van der Waals surface area contributed by atoms with Gasteiger partial charge in [-0.1, -0.05) is 42.5 Å². The first kappa shape index (κ1) is 26.6. The molecule has 0 aliphatic carbocycles. The van der Waals surface area contributed by atoms with Crippen molar-refractivity contribution >= 4 is 22.6 Å². The topological polar surface area (TPSA) is 88.3 Å². The molecule has 0 fully saturated rings. The Hall–Kier alpha value is -3.46. The van der Waals surface area contributed by atoms with E-state index in [0.717, 1.165) is 28.8 Å². The Morgan fingerprint density at radius 3 is 2.38 bits per heavy atom. The van der Waals surface area contributed by atoms with E-state index in [2.05, 4.69) is 99.6 Å². The fraction of sp³-hybridized carbons (Fsp3) is 0.258. The molecule has 0 radical (unpaired) electrons. The molecule has 0 spiro atoms. The summed E-state index contributed by atoms with van der Waals surface area (Å²) >= 11 is 2.32. The minimum Gasteiger partial charge on any atom is -0.305 e. The van der Waals surface area contributed by atoms with Gasteiger partial charge in [0.1, 0.15) is 0 Å². The monoisotopic (exact) mass is 599 g/mol. The Labute approximate surface area is 232 Å². The first-order valence-corrected chi connectivity index (χ1v) is 13.4. The van der Waals surface area contributed by atoms with Gasteiger partial charge in [0, 0.05) is 21.7 Å². The van der Waals surface area contributed by atoms with Gasteiger partial charge in [0.25, 0.3) is 0 Å². The molecule has 0 saturated carbocycles. The molecule has 4 rings (SSSR count). The van der Waals surface area contributed by atoms with Crippen molar-refractivity contribution in [3.63, 3.8) is 0 Å². The van der Waals surface area contributed by atoms with Crippen molar-refractivity contribution in [1.82, 2.24) is 15.5 Å². The number of H-pyrrole nitrogens is 1. The average molecular weight is 600 g/mol. The highest BCUT2D eigenvalue weighted by Crippen LogP contribution is 2.37. The van der Waals surface area contributed by atoms with Gasteiger partial charge in [0.2, 0.25) is 0 Å². The third kappa shape index (κ3) is 6.46. The zero-order valence-electron chi connectivity index (χ0n) is 21.2. The van der Waals surface area contributed by atoms with Gasteiger partial charge in [-0.25, -0.2) is 0 Å². The zero-order chi connectivity index (χ0) is 26.4. The van der Waals surface area contributed by atoms with Crippen molar-refractivity contribution in [3.8, 4) is 23.4 Å². The summed E-state index contributed by atoms with van der Waals surface area (Å²) < 4.78 is 1.20. The summed E-state index contributed by atoms with van der Waals surface area (Å²) in [5, 5.41) is 30.6. The van der Waals surface area contributed by atoms with Gasteiger partial charge in [-0.05, 0) is 108 Å². The Balaban J connectivity index is 1.71. The number of nitriles is 2. The average Bonchev–Trinajstić information content (AvgIpc) is 3.46. The van der Waals surface area contributed by atoms with Crippen molar-refractivity contribution in [3.05, 3.63) is 111 Å². The predicted octanol–water partition coefficient (Wildman–Crippen LogP) is 7.15. The zero-order valence-corrected chi connectivity index (χ0v) is 23.4. The van der Waals surface area contributed by atoms with Crippen LogP contribution in [-0.2, 0) is 6.42 Å². The number of aromatic amines is 1. The van der Waals surface area contributed by atoms with Crippen LogP contribution in [0.2, 0.25) is 0 Å². The van der Waals surface area contributed by atoms with E-state index >= 15 is 0 Å². The Kier molecular flexibility index (Phi) is 8.43. The third-order valence-electron chi connectivity index (χ3n) is 6.89. The van der Waals surface area contributed by atoms with E-state index in [1.165, 1.54) is 9.13 Å². The van der Waals surface area contributed by atoms with Gasteiger partial charge in [-0.2, -0.15) is 15.6 Å². The highest BCUT2D eigenvalue weighted by molar-refractivity contribution is 14.1. The van der Waals surface area contributed by atoms with Crippen molar-refractivity contribution in [2.75, 3.05) is 0 Å². The highest BCUT2D eigenvalue weighted by atomic mass is 127. The van der Waals surface area contributed by atoms with Gasteiger partial charge in [0.05, 0.1) is 34.9 Å². The van der Waals surface area contributed by atoms with E-state index < -0.39 is 5.41 Å². The quantitative estimate of drug-likeness (QED) is 0.200. The molecular weight excluding hydrogens is 569 g/mol. The predicted molar refractivity (Wildman–Crippen MR) is 156 cm³/mol. The molecule has 37 heavy (non-hydrogen) atoms. The highest BCUT2D eigenvalue weighted by Gasteiger charge is 2.34. The van der Waals surface area contributed by atoms with Crippen LogP contribution < -0.4 is 5.32 Å². The second-order valence-corrected chi connectivity index (χ2v) is 11.2. The summed E-state index contributed by atoms with van der Waals surface area (Å²) in [6, 6.07) is 31.3. The number of nitrogens with zero attached hydrogens (tertiary/aromatic N) is 3. The van der Waals surface area contributed by atoms with Crippen LogP contribution in [0, 0.1) is 31.6 Å². The SMILES string of the molecule is C[C@H](NC(c1cccc(-c2ccn[nH]2)c1)C(C)(C)C#N)[C@@H](Cc1ccc(I)cc1)c1cccc(C#N)c1. The molecular formula is C31H30IN5. The Morgan fingerprint density at radius 1 is 0.973 bits per heavy atom. The maximum atomic E-state index is 10.1. The van der Waals surface area contributed by atoms with E-state index in [1.54, 1.807) is 6.20 Å². The van der Waals surface area contributed by atoms with Gasteiger partial charge in [-0.3, -0.25) is 5.10 Å². The minimum absolute atomic E-state index is 0.0154. The van der Waals surface area contributed by atoms with Crippen LogP contribution in [-0.4, -0.2) is 16.2 Å². The van der Waals surface area contributed by atoms with Crippen LogP contribution in [0.25, 0.3) is 11.3 Å². The fourth-order valence-electron chi connectivity index (χ4n) is 4.76. The molecule has 1 aromatic heterocycles. The van der Waals surface area contributed by atoms with Crippen LogP contribution in [0.15, 0.2) is 85.1 Å². The van der Waals surface area contributed by atoms with Gasteiger partial charge < -0.3 is 5.32 Å². The fourth-order valence-corrected chi connectivity index (χ4v) is 5.12. The third-order valence-corrected chi connectivity index (χ3v) is 7.61. The van der Waals surface area contributed by atoms with Gasteiger partial charge in [0.15, 0.2) is 0 Å². The lowest BCUT2D eigenvalue weighted by Crippen LogP contribution is -2.42. The number of hydrogen-bond acceptors (Lipinski definition) is 4. The molecule has 5 nitrogen and oxygen atoms in total. The number of rotatable bonds is 9. The summed E-state index contributed by atoms with van der Waals surface area (Å²) in [6.45, 7) is 6.13. The van der Waals surface area contributed by atoms with Crippen molar-refractivity contribution in [1.29, 1.82) is 10.5 Å².